The van der Waals surface area contributed by atoms with Gasteiger partial charge in [-0.15, -0.1) is 0 Å². The van der Waals surface area contributed by atoms with E-state index in [4.69, 9.17) is 20.7 Å². The number of nitriles is 1. The van der Waals surface area contributed by atoms with E-state index in [1.165, 1.54) is 0 Å². The van der Waals surface area contributed by atoms with Gasteiger partial charge in [0.2, 0.25) is 0 Å². The Kier molecular flexibility index (Phi) is 4.79. The number of hydrogen-bond acceptors (Lipinski definition) is 6. The van der Waals surface area contributed by atoms with Crippen molar-refractivity contribution in [1.82, 2.24) is 4.98 Å². The number of benzene rings is 1. The van der Waals surface area contributed by atoms with Crippen LogP contribution in [0.3, 0.4) is 0 Å². The van der Waals surface area contributed by atoms with Gasteiger partial charge < -0.3 is 10.5 Å². The van der Waals surface area contributed by atoms with Gasteiger partial charge in [0.05, 0.1) is 5.56 Å². The molecule has 0 saturated heterocycles. The van der Waals surface area contributed by atoms with Gasteiger partial charge in [-0.2, -0.15) is 5.26 Å². The van der Waals surface area contributed by atoms with Crippen LogP contribution in [-0.2, 0) is 5.54 Å². The van der Waals surface area contributed by atoms with Gasteiger partial charge in [0.1, 0.15) is 23.5 Å². The summed E-state index contributed by atoms with van der Waals surface area (Å²) in [6.45, 7) is 2.20. The van der Waals surface area contributed by atoms with Gasteiger partial charge in [0, 0.05) is 35.7 Å². The number of amidine groups is 1. The lowest BCUT2D eigenvalue weighted by Crippen LogP contribution is -2.38. The highest BCUT2D eigenvalue weighted by Gasteiger charge is 2.44. The van der Waals surface area contributed by atoms with Crippen molar-refractivity contribution in [2.24, 2.45) is 10.7 Å². The van der Waals surface area contributed by atoms with Crippen molar-refractivity contribution < 1.29 is 4.74 Å². The number of rotatable bonds is 4. The molecule has 4 rings (SSSR count). The molecule has 2 atom stereocenters. The summed E-state index contributed by atoms with van der Waals surface area (Å²) in [5.74, 6) is 1.74. The molecule has 2 aliphatic heterocycles. The first-order chi connectivity index (χ1) is 13.1. The average molecular weight is 379 g/mol. The molecule has 1 spiro atoms. The molecule has 0 amide bonds. The summed E-state index contributed by atoms with van der Waals surface area (Å²) in [5, 5.41) is 9.80. The van der Waals surface area contributed by atoms with Crippen LogP contribution in [-0.4, -0.2) is 22.0 Å². The Labute approximate surface area is 163 Å². The number of ether oxygens (including phenoxy) is 1. The fourth-order valence-corrected chi connectivity index (χ4v) is 4.81. The lowest BCUT2D eigenvalue weighted by molar-refractivity contribution is 0.123. The summed E-state index contributed by atoms with van der Waals surface area (Å²) < 4.78 is 6.30. The maximum Gasteiger partial charge on any atom is 0.154 e. The molecule has 138 valence electrons. The molecule has 0 saturated carbocycles. The second kappa shape index (κ2) is 7.24. The second-order valence-corrected chi connectivity index (χ2v) is 8.14. The minimum Gasteiger partial charge on any atom is -0.490 e. The van der Waals surface area contributed by atoms with E-state index >= 15 is 0 Å². The predicted octanol–water partition coefficient (Wildman–Crippen LogP) is 4.22. The monoisotopic (exact) mass is 378 g/mol. The van der Waals surface area contributed by atoms with Gasteiger partial charge in [-0.25, -0.2) is 0 Å². The Balaban J connectivity index is 1.76. The van der Waals surface area contributed by atoms with Crippen molar-refractivity contribution in [3.8, 4) is 22.9 Å². The largest absolute Gasteiger partial charge is 0.490 e. The molecule has 1 aromatic heterocycles. The second-order valence-electron chi connectivity index (χ2n) is 7.14. The Morgan fingerprint density at radius 1 is 1.33 bits per heavy atom. The van der Waals surface area contributed by atoms with Crippen LogP contribution in [0.1, 0.15) is 43.7 Å². The Morgan fingerprint density at radius 3 is 2.96 bits per heavy atom. The van der Waals surface area contributed by atoms with Crippen LogP contribution in [0.25, 0.3) is 11.1 Å². The summed E-state index contributed by atoms with van der Waals surface area (Å²) in [4.78, 5) is 9.04. The average Bonchev–Trinajstić information content (AvgIpc) is 3.07. The Hall–Kier alpha value is -2.52. The lowest BCUT2D eigenvalue weighted by Gasteiger charge is -2.38. The molecule has 2 aromatic rings. The van der Waals surface area contributed by atoms with Gasteiger partial charge in [0.25, 0.3) is 0 Å². The molecule has 2 aliphatic rings. The van der Waals surface area contributed by atoms with Crippen LogP contribution in [0.2, 0.25) is 0 Å². The van der Waals surface area contributed by atoms with Crippen LogP contribution in [0.5, 0.6) is 5.75 Å². The Bertz CT molecular complexity index is 936. The minimum absolute atomic E-state index is 0.169. The van der Waals surface area contributed by atoms with E-state index in [0.29, 0.717) is 10.7 Å². The number of unbranched alkanes of at least 4 members (excludes halogenated alkanes) is 1. The smallest absolute Gasteiger partial charge is 0.154 e. The van der Waals surface area contributed by atoms with Crippen molar-refractivity contribution in [3.05, 3.63) is 47.8 Å². The fourth-order valence-electron chi connectivity index (χ4n) is 3.85. The van der Waals surface area contributed by atoms with E-state index in [9.17, 15) is 0 Å². The van der Waals surface area contributed by atoms with Crippen LogP contribution >= 0.6 is 11.8 Å². The highest BCUT2D eigenvalue weighted by atomic mass is 32.2. The fraction of sp³-hybridized carbons (Fsp3) is 0.381. The van der Waals surface area contributed by atoms with Crippen molar-refractivity contribution >= 4 is 16.9 Å². The topological polar surface area (TPSA) is 84.3 Å². The molecule has 0 bridgehead atoms. The number of aliphatic imine (C=N–C) groups is 1. The standard InChI is InChI=1S/C21H22N4OS/c1-2-3-4-17-9-21(13-27-20(23)25-21)18-8-15(5-6-19(18)26-17)16-7-14(10-22)11-24-12-16/h5-8,11-12,17H,2-4,9,13H2,1H3,(H2,23,25)/t17-,21?/m0/s1. The van der Waals surface area contributed by atoms with Crippen molar-refractivity contribution in [1.29, 1.82) is 5.26 Å². The highest BCUT2D eigenvalue weighted by Crippen LogP contribution is 2.49. The van der Waals surface area contributed by atoms with E-state index in [1.54, 1.807) is 24.2 Å². The summed E-state index contributed by atoms with van der Waals surface area (Å²) >= 11 is 1.62. The Morgan fingerprint density at radius 2 is 2.22 bits per heavy atom. The molecular weight excluding hydrogens is 356 g/mol. The summed E-state index contributed by atoms with van der Waals surface area (Å²) in [6, 6.07) is 10.2. The first-order valence-electron chi connectivity index (χ1n) is 9.28. The zero-order valence-electron chi connectivity index (χ0n) is 15.3. The number of fused-ring (bicyclic) bond motifs is 2. The predicted molar refractivity (Wildman–Crippen MR) is 109 cm³/mol. The summed E-state index contributed by atoms with van der Waals surface area (Å²) in [5.41, 5.74) is 9.30. The molecule has 3 heterocycles. The number of aromatic nitrogens is 1. The molecule has 6 heteroatoms. The van der Waals surface area contributed by atoms with E-state index < -0.39 is 0 Å². The van der Waals surface area contributed by atoms with E-state index in [1.807, 2.05) is 18.2 Å². The maximum absolute atomic E-state index is 9.15. The van der Waals surface area contributed by atoms with Gasteiger partial charge in [-0.3, -0.25) is 9.98 Å². The first-order valence-corrected chi connectivity index (χ1v) is 10.3. The molecule has 0 fully saturated rings. The van der Waals surface area contributed by atoms with E-state index in [2.05, 4.69) is 24.0 Å². The van der Waals surface area contributed by atoms with Gasteiger partial charge in [0.15, 0.2) is 5.17 Å². The van der Waals surface area contributed by atoms with Crippen molar-refractivity contribution in [2.45, 2.75) is 44.2 Å². The van der Waals surface area contributed by atoms with E-state index in [0.717, 1.165) is 53.9 Å². The van der Waals surface area contributed by atoms with E-state index in [-0.39, 0.29) is 11.6 Å². The molecule has 27 heavy (non-hydrogen) atoms. The third-order valence-corrected chi connectivity index (χ3v) is 6.21. The summed E-state index contributed by atoms with van der Waals surface area (Å²) in [6.07, 6.45) is 7.71. The number of nitrogens with zero attached hydrogens (tertiary/aromatic N) is 3. The van der Waals surface area contributed by atoms with Crippen molar-refractivity contribution in [2.75, 3.05) is 5.75 Å². The van der Waals surface area contributed by atoms with Gasteiger partial charge in [-0.1, -0.05) is 37.6 Å². The number of thioether (sulfide) groups is 1. The zero-order chi connectivity index (χ0) is 18.9. The normalized spacial score (nSPS) is 23.4. The molecule has 1 aromatic carbocycles. The third-order valence-electron chi connectivity index (χ3n) is 5.20. The molecule has 0 aliphatic carbocycles. The summed E-state index contributed by atoms with van der Waals surface area (Å²) in [7, 11) is 0. The van der Waals surface area contributed by atoms with Crippen LogP contribution in [0.4, 0.5) is 0 Å². The van der Waals surface area contributed by atoms with Crippen LogP contribution in [0.15, 0.2) is 41.7 Å². The third kappa shape index (κ3) is 3.40. The lowest BCUT2D eigenvalue weighted by atomic mass is 9.81. The quantitative estimate of drug-likeness (QED) is 0.861. The van der Waals surface area contributed by atoms with Gasteiger partial charge >= 0.3 is 0 Å². The number of pyridine rings is 1. The number of hydrogen-bond donors (Lipinski definition) is 1. The van der Waals surface area contributed by atoms with Crippen molar-refractivity contribution in [3.63, 3.8) is 0 Å². The SMILES string of the molecule is CCCC[C@H]1CC2(CSC(N)=N2)c2cc(-c3cncc(C#N)c3)ccc2O1. The molecule has 5 nitrogen and oxygen atoms in total. The van der Waals surface area contributed by atoms with Gasteiger partial charge in [-0.05, 0) is 30.2 Å². The molecule has 1 unspecified atom stereocenters. The maximum atomic E-state index is 9.15. The minimum atomic E-state index is -0.322. The number of nitrogens with two attached hydrogens (primary N) is 1. The molecule has 2 N–H and O–H groups in total. The molecular formula is C21H22N4OS. The van der Waals surface area contributed by atoms with Crippen LogP contribution < -0.4 is 10.5 Å². The first kappa shape index (κ1) is 17.9. The van der Waals surface area contributed by atoms with Crippen LogP contribution in [0, 0.1) is 11.3 Å². The zero-order valence-corrected chi connectivity index (χ0v) is 16.1. The molecule has 0 radical (unpaired) electrons. The highest BCUT2D eigenvalue weighted by molar-refractivity contribution is 8.14.